The van der Waals surface area contributed by atoms with E-state index in [-0.39, 0.29) is 6.09 Å². The van der Waals surface area contributed by atoms with Gasteiger partial charge in [0.05, 0.1) is 17.1 Å². The molecule has 0 radical (unpaired) electrons. The summed E-state index contributed by atoms with van der Waals surface area (Å²) in [5.41, 5.74) is 0.745. The van der Waals surface area contributed by atoms with Crippen molar-refractivity contribution >= 4 is 28.6 Å². The number of pyridine rings is 1. The number of hydrogen-bond acceptors (Lipinski definition) is 4. The van der Waals surface area contributed by atoms with E-state index in [4.69, 9.17) is 21.1 Å². The molecule has 1 unspecified atom stereocenters. The molecule has 2 aromatic rings. The molecule has 1 amide bonds. The molecule has 2 heterocycles. The summed E-state index contributed by atoms with van der Waals surface area (Å²) in [5.74, 6) is 0. The number of benzene rings is 1. The van der Waals surface area contributed by atoms with Crippen molar-refractivity contribution < 1.29 is 14.3 Å². The van der Waals surface area contributed by atoms with E-state index in [9.17, 15) is 4.79 Å². The van der Waals surface area contributed by atoms with Gasteiger partial charge < -0.3 is 14.4 Å². The van der Waals surface area contributed by atoms with Crippen LogP contribution in [0, 0.1) is 0 Å². The first-order valence-electron chi connectivity index (χ1n) is 8.32. The molecule has 0 saturated carbocycles. The number of likely N-dealkylation sites (tertiary alicyclic amines) is 1. The summed E-state index contributed by atoms with van der Waals surface area (Å²) in [4.78, 5) is 18.4. The molecule has 1 saturated heterocycles. The number of ether oxygens (including phenoxy) is 2. The number of rotatable bonds is 2. The van der Waals surface area contributed by atoms with Crippen LogP contribution >= 0.6 is 11.6 Å². The minimum atomic E-state index is -0.565. The first-order valence-corrected chi connectivity index (χ1v) is 8.70. The van der Waals surface area contributed by atoms with Crippen LogP contribution in [0.1, 0.15) is 32.8 Å². The van der Waals surface area contributed by atoms with Gasteiger partial charge >= 0.3 is 6.09 Å². The van der Waals surface area contributed by atoms with Crippen LogP contribution in [0.2, 0.25) is 5.02 Å². The second-order valence-corrected chi connectivity index (χ2v) is 7.78. The summed E-state index contributed by atoms with van der Waals surface area (Å²) in [7, 11) is 1.67. The third kappa shape index (κ3) is 3.58. The molecule has 1 aromatic carbocycles. The van der Waals surface area contributed by atoms with E-state index >= 15 is 0 Å². The molecule has 6 heteroatoms. The molecule has 0 bridgehead atoms. The maximum absolute atomic E-state index is 12.4. The van der Waals surface area contributed by atoms with E-state index in [1.807, 2.05) is 39.0 Å². The third-order valence-corrected chi connectivity index (χ3v) is 4.82. The van der Waals surface area contributed by atoms with E-state index in [1.165, 1.54) is 0 Å². The fourth-order valence-electron chi connectivity index (χ4n) is 3.18. The Morgan fingerprint density at radius 2 is 2.08 bits per heavy atom. The quantitative estimate of drug-likeness (QED) is 0.796. The van der Waals surface area contributed by atoms with Gasteiger partial charge in [0.1, 0.15) is 11.2 Å². The SMILES string of the molecule is COC1(c2ccc3nccc(Cl)c3c2)CCN(C(=O)OC(C)(C)C)C1. The van der Waals surface area contributed by atoms with Crippen LogP contribution in [-0.2, 0) is 15.1 Å². The predicted octanol–water partition coefficient (Wildman–Crippen LogP) is 4.37. The molecule has 0 spiro atoms. The number of amides is 1. The van der Waals surface area contributed by atoms with Crippen molar-refractivity contribution in [3.05, 3.63) is 41.0 Å². The van der Waals surface area contributed by atoms with E-state index < -0.39 is 11.2 Å². The molecule has 0 aliphatic carbocycles. The van der Waals surface area contributed by atoms with Gasteiger partial charge in [-0.2, -0.15) is 0 Å². The highest BCUT2D eigenvalue weighted by Gasteiger charge is 2.43. The smallest absolute Gasteiger partial charge is 0.410 e. The Morgan fingerprint density at radius 1 is 1.32 bits per heavy atom. The lowest BCUT2D eigenvalue weighted by Crippen LogP contribution is -2.38. The molecular formula is C19H23ClN2O3. The largest absolute Gasteiger partial charge is 0.444 e. The minimum Gasteiger partial charge on any atom is -0.444 e. The van der Waals surface area contributed by atoms with Crippen molar-refractivity contribution in [1.29, 1.82) is 0 Å². The number of nitrogens with zero attached hydrogens (tertiary/aromatic N) is 2. The van der Waals surface area contributed by atoms with Crippen molar-refractivity contribution in [1.82, 2.24) is 9.88 Å². The Bertz CT molecular complexity index is 803. The first-order chi connectivity index (χ1) is 11.7. The second-order valence-electron chi connectivity index (χ2n) is 7.38. The number of aromatic nitrogens is 1. The van der Waals surface area contributed by atoms with E-state index in [0.29, 0.717) is 24.5 Å². The fraction of sp³-hybridized carbons (Fsp3) is 0.474. The third-order valence-electron chi connectivity index (χ3n) is 4.49. The van der Waals surface area contributed by atoms with Crippen LogP contribution in [0.3, 0.4) is 0 Å². The van der Waals surface area contributed by atoms with Gasteiger partial charge in [-0.05, 0) is 44.5 Å². The average Bonchev–Trinajstić information content (AvgIpc) is 2.99. The van der Waals surface area contributed by atoms with Crippen molar-refractivity contribution in [2.24, 2.45) is 0 Å². The molecule has 5 nitrogen and oxygen atoms in total. The lowest BCUT2D eigenvalue weighted by atomic mass is 9.91. The minimum absolute atomic E-state index is 0.313. The maximum atomic E-state index is 12.4. The Labute approximate surface area is 152 Å². The molecule has 3 rings (SSSR count). The first kappa shape index (κ1) is 18.0. The summed E-state index contributed by atoms with van der Waals surface area (Å²) in [5, 5.41) is 1.54. The van der Waals surface area contributed by atoms with Gasteiger partial charge in [0.2, 0.25) is 0 Å². The Hall–Kier alpha value is -1.85. The lowest BCUT2D eigenvalue weighted by Gasteiger charge is -2.29. The number of halogens is 1. The fourth-order valence-corrected chi connectivity index (χ4v) is 3.39. The maximum Gasteiger partial charge on any atom is 0.410 e. The van der Waals surface area contributed by atoms with Gasteiger partial charge in [-0.15, -0.1) is 0 Å². The van der Waals surface area contributed by atoms with E-state index in [0.717, 1.165) is 16.5 Å². The van der Waals surface area contributed by atoms with Crippen molar-refractivity contribution in [2.45, 2.75) is 38.4 Å². The zero-order valence-electron chi connectivity index (χ0n) is 15.0. The highest BCUT2D eigenvalue weighted by atomic mass is 35.5. The summed E-state index contributed by atoms with van der Waals surface area (Å²) in [6.45, 7) is 6.62. The molecule has 134 valence electrons. The summed E-state index contributed by atoms with van der Waals surface area (Å²) >= 11 is 6.31. The molecule has 1 aliphatic rings. The number of hydrogen-bond donors (Lipinski definition) is 0. The van der Waals surface area contributed by atoms with E-state index in [2.05, 4.69) is 4.98 Å². The van der Waals surface area contributed by atoms with Crippen molar-refractivity contribution in [3.63, 3.8) is 0 Å². The Morgan fingerprint density at radius 3 is 2.76 bits per heavy atom. The van der Waals surface area contributed by atoms with Crippen molar-refractivity contribution in [3.8, 4) is 0 Å². The van der Waals surface area contributed by atoms with Crippen molar-refractivity contribution in [2.75, 3.05) is 20.2 Å². The molecule has 1 aliphatic heterocycles. The second kappa shape index (κ2) is 6.46. The number of carbonyl (C=O) groups excluding carboxylic acids is 1. The standard InChI is InChI=1S/C19H23ClN2O3/c1-18(2,3)25-17(23)22-10-8-19(12-22,24-4)13-5-6-16-14(11-13)15(20)7-9-21-16/h5-7,9,11H,8,10,12H2,1-4H3. The molecule has 1 atom stereocenters. The molecule has 1 aromatic heterocycles. The summed E-state index contributed by atoms with van der Waals surface area (Å²) in [6.07, 6.45) is 2.08. The predicted molar refractivity (Wildman–Crippen MR) is 97.9 cm³/mol. The molecule has 25 heavy (non-hydrogen) atoms. The molecular weight excluding hydrogens is 340 g/mol. The highest BCUT2D eigenvalue weighted by Crippen LogP contribution is 2.38. The van der Waals surface area contributed by atoms with Gasteiger partial charge in [-0.3, -0.25) is 4.98 Å². The molecule has 1 fully saturated rings. The lowest BCUT2D eigenvalue weighted by molar-refractivity contribution is -0.0129. The monoisotopic (exact) mass is 362 g/mol. The zero-order chi connectivity index (χ0) is 18.2. The summed E-state index contributed by atoms with van der Waals surface area (Å²) < 4.78 is 11.4. The average molecular weight is 363 g/mol. The Kier molecular flexibility index (Phi) is 4.64. The number of fused-ring (bicyclic) bond motifs is 1. The zero-order valence-corrected chi connectivity index (χ0v) is 15.8. The molecule has 0 N–H and O–H groups in total. The number of methoxy groups -OCH3 is 1. The van der Waals surface area contributed by atoms with Crippen LogP contribution in [0.5, 0.6) is 0 Å². The Balaban J connectivity index is 1.90. The topological polar surface area (TPSA) is 51.7 Å². The van der Waals surface area contributed by atoms with Crippen LogP contribution in [0.4, 0.5) is 4.79 Å². The van der Waals surface area contributed by atoms with E-state index in [1.54, 1.807) is 24.3 Å². The normalized spacial score (nSPS) is 20.9. The van der Waals surface area contributed by atoms with Gasteiger partial charge in [0.25, 0.3) is 0 Å². The van der Waals surface area contributed by atoms with Gasteiger partial charge in [0.15, 0.2) is 0 Å². The van der Waals surface area contributed by atoms with Gasteiger partial charge in [-0.1, -0.05) is 17.7 Å². The van der Waals surface area contributed by atoms with Crippen LogP contribution in [0.15, 0.2) is 30.5 Å². The van der Waals surface area contributed by atoms with Gasteiger partial charge in [0, 0.05) is 31.7 Å². The van der Waals surface area contributed by atoms with Crippen LogP contribution in [-0.4, -0.2) is 41.8 Å². The van der Waals surface area contributed by atoms with Crippen LogP contribution in [0.25, 0.3) is 10.9 Å². The van der Waals surface area contributed by atoms with Gasteiger partial charge in [-0.25, -0.2) is 4.79 Å². The van der Waals surface area contributed by atoms with Crippen LogP contribution < -0.4 is 0 Å². The number of carbonyl (C=O) groups is 1. The summed E-state index contributed by atoms with van der Waals surface area (Å²) in [6, 6.07) is 7.71. The highest BCUT2D eigenvalue weighted by molar-refractivity contribution is 6.35.